The summed E-state index contributed by atoms with van der Waals surface area (Å²) in [5, 5.41) is 9.74. The van der Waals surface area contributed by atoms with Crippen LogP contribution in [0.25, 0.3) is 0 Å². The van der Waals surface area contributed by atoms with Crippen LogP contribution in [0.3, 0.4) is 0 Å². The lowest BCUT2D eigenvalue weighted by Gasteiger charge is -2.22. The topological polar surface area (TPSA) is 47.9 Å². The van der Waals surface area contributed by atoms with Crippen LogP contribution in [0.15, 0.2) is 48.6 Å². The van der Waals surface area contributed by atoms with Gasteiger partial charge in [-0.2, -0.15) is 0 Å². The normalized spacial score (nSPS) is 19.0. The third kappa shape index (κ3) is 26.6. The van der Waals surface area contributed by atoms with Crippen LogP contribution < -0.4 is 0 Å². The van der Waals surface area contributed by atoms with Gasteiger partial charge in [-0.3, -0.25) is 0 Å². The van der Waals surface area contributed by atoms with Crippen LogP contribution in [0.2, 0.25) is 0 Å². The molecule has 4 nitrogen and oxygen atoms in total. The van der Waals surface area contributed by atoms with Crippen molar-refractivity contribution in [1.29, 1.82) is 0 Å². The Balaban J connectivity index is 1.96. The Morgan fingerprint density at radius 1 is 0.511 bits per heavy atom. The van der Waals surface area contributed by atoms with Gasteiger partial charge < -0.3 is 19.3 Å². The molecule has 0 amide bonds. The first-order valence-electron chi connectivity index (χ1n) is 19.4. The van der Waals surface area contributed by atoms with E-state index in [0.717, 1.165) is 38.9 Å². The number of aliphatic hydroxyl groups excluding tert-OH is 1. The third-order valence-corrected chi connectivity index (χ3v) is 8.72. The predicted molar refractivity (Wildman–Crippen MR) is 195 cm³/mol. The molecule has 1 unspecified atom stereocenters. The zero-order chi connectivity index (χ0) is 32.3. The zero-order valence-corrected chi connectivity index (χ0v) is 29.8. The van der Waals surface area contributed by atoms with Crippen LogP contribution in [-0.4, -0.2) is 49.8 Å². The second-order valence-corrected chi connectivity index (χ2v) is 13.0. The molecule has 1 fully saturated rings. The minimum Gasteiger partial charge on any atom is -0.394 e. The Bertz CT molecular complexity index is 712. The van der Waals surface area contributed by atoms with E-state index in [-0.39, 0.29) is 24.9 Å². The standard InChI is InChI=1S/C41H74O4/c1-3-5-7-9-11-13-15-17-19-21-23-25-27-29-31-33-35-43-40-38-45-39(37-42)41(40)44-36-34-32-30-28-26-24-22-20-18-16-14-12-10-8-6-4-2/h11-14,17-20,39-42H,3-10,15-16,21-38H2,1-2H3/b13-11-,14-12-,19-17-,20-18-/t39-,40?,41+/m1/s1. The molecule has 4 heteroatoms. The van der Waals surface area contributed by atoms with Crippen molar-refractivity contribution in [2.75, 3.05) is 26.4 Å². The smallest absolute Gasteiger partial charge is 0.114 e. The van der Waals surface area contributed by atoms with Crippen molar-refractivity contribution in [3.8, 4) is 0 Å². The van der Waals surface area contributed by atoms with Crippen molar-refractivity contribution in [3.63, 3.8) is 0 Å². The van der Waals surface area contributed by atoms with Gasteiger partial charge in [0.2, 0.25) is 0 Å². The molecule has 0 aromatic heterocycles. The van der Waals surface area contributed by atoms with Gasteiger partial charge in [0.25, 0.3) is 0 Å². The maximum atomic E-state index is 9.74. The summed E-state index contributed by atoms with van der Waals surface area (Å²) in [5.74, 6) is 0. The maximum Gasteiger partial charge on any atom is 0.114 e. The third-order valence-electron chi connectivity index (χ3n) is 8.72. The van der Waals surface area contributed by atoms with Gasteiger partial charge in [0.1, 0.15) is 18.3 Å². The summed E-state index contributed by atoms with van der Waals surface area (Å²) in [4.78, 5) is 0. The molecule has 262 valence electrons. The van der Waals surface area contributed by atoms with Crippen molar-refractivity contribution >= 4 is 0 Å². The van der Waals surface area contributed by atoms with E-state index in [0.29, 0.717) is 6.61 Å². The van der Waals surface area contributed by atoms with Crippen LogP contribution in [0.5, 0.6) is 0 Å². The van der Waals surface area contributed by atoms with Crippen LogP contribution in [0.1, 0.15) is 168 Å². The molecule has 0 bridgehead atoms. The monoisotopic (exact) mass is 631 g/mol. The van der Waals surface area contributed by atoms with Crippen molar-refractivity contribution in [3.05, 3.63) is 48.6 Å². The van der Waals surface area contributed by atoms with Gasteiger partial charge in [-0.1, -0.05) is 140 Å². The van der Waals surface area contributed by atoms with Crippen molar-refractivity contribution in [1.82, 2.24) is 0 Å². The Hall–Kier alpha value is -1.20. The van der Waals surface area contributed by atoms with Crippen molar-refractivity contribution < 1.29 is 19.3 Å². The zero-order valence-electron chi connectivity index (χ0n) is 29.8. The molecule has 1 saturated heterocycles. The van der Waals surface area contributed by atoms with Gasteiger partial charge in [-0.05, 0) is 77.0 Å². The van der Waals surface area contributed by atoms with E-state index in [2.05, 4.69) is 62.5 Å². The molecule has 0 aliphatic carbocycles. The van der Waals surface area contributed by atoms with E-state index < -0.39 is 0 Å². The fourth-order valence-electron chi connectivity index (χ4n) is 5.80. The lowest BCUT2D eigenvalue weighted by atomic mass is 10.1. The first kappa shape index (κ1) is 41.8. The van der Waals surface area contributed by atoms with E-state index in [1.807, 2.05) is 0 Å². The molecule has 0 aromatic carbocycles. The summed E-state index contributed by atoms with van der Waals surface area (Å²) in [6.07, 6.45) is 48.1. The summed E-state index contributed by atoms with van der Waals surface area (Å²) in [5.41, 5.74) is 0. The van der Waals surface area contributed by atoms with Gasteiger partial charge in [0.15, 0.2) is 0 Å². The number of rotatable bonds is 33. The highest BCUT2D eigenvalue weighted by Gasteiger charge is 2.38. The predicted octanol–water partition coefficient (Wildman–Crippen LogP) is 11.8. The van der Waals surface area contributed by atoms with Gasteiger partial charge >= 0.3 is 0 Å². The van der Waals surface area contributed by atoms with E-state index in [4.69, 9.17) is 14.2 Å². The number of ether oxygens (including phenoxy) is 3. The Morgan fingerprint density at radius 3 is 1.36 bits per heavy atom. The Labute approximate surface area is 280 Å². The van der Waals surface area contributed by atoms with Gasteiger partial charge in [-0.15, -0.1) is 0 Å². The molecule has 0 saturated carbocycles. The number of hydrogen-bond donors (Lipinski definition) is 1. The van der Waals surface area contributed by atoms with Gasteiger partial charge in [0.05, 0.1) is 13.2 Å². The molecule has 1 aliphatic rings. The highest BCUT2D eigenvalue weighted by molar-refractivity contribution is 4.93. The largest absolute Gasteiger partial charge is 0.394 e. The van der Waals surface area contributed by atoms with Crippen LogP contribution in [0.4, 0.5) is 0 Å². The molecular weight excluding hydrogens is 556 g/mol. The minimum atomic E-state index is -0.254. The average Bonchev–Trinajstić information content (AvgIpc) is 3.45. The van der Waals surface area contributed by atoms with Crippen molar-refractivity contribution in [2.24, 2.45) is 0 Å². The highest BCUT2D eigenvalue weighted by atomic mass is 16.6. The van der Waals surface area contributed by atoms with E-state index in [1.54, 1.807) is 0 Å². The molecule has 1 rings (SSSR count). The first-order chi connectivity index (χ1) is 22.3. The van der Waals surface area contributed by atoms with Crippen LogP contribution >= 0.6 is 0 Å². The highest BCUT2D eigenvalue weighted by Crippen LogP contribution is 2.22. The second kappa shape index (κ2) is 34.1. The number of hydrogen-bond acceptors (Lipinski definition) is 4. The number of unbranched alkanes of at least 4 members (excludes halogenated alkanes) is 18. The van der Waals surface area contributed by atoms with E-state index in [1.165, 1.54) is 128 Å². The maximum absolute atomic E-state index is 9.74. The minimum absolute atomic E-state index is 0.000838. The SMILES string of the molecule is CCCCC/C=C\C/C=C\CCCCCCCCOC1CO[C@H](CO)[C@@H]1OCCCCCCCC/C=C\C/C=C\CCCCC. The quantitative estimate of drug-likeness (QED) is 0.0579. The number of allylic oxidation sites excluding steroid dienone is 8. The Kier molecular flexibility index (Phi) is 31.7. The molecule has 1 heterocycles. The fourth-order valence-corrected chi connectivity index (χ4v) is 5.80. The van der Waals surface area contributed by atoms with Crippen LogP contribution in [-0.2, 0) is 14.2 Å². The molecule has 3 atom stereocenters. The van der Waals surface area contributed by atoms with Gasteiger partial charge in [0, 0.05) is 13.2 Å². The molecule has 0 radical (unpaired) electrons. The first-order valence-corrected chi connectivity index (χ1v) is 19.4. The molecule has 1 aliphatic heterocycles. The Morgan fingerprint density at radius 2 is 0.911 bits per heavy atom. The summed E-state index contributed by atoms with van der Waals surface area (Å²) >= 11 is 0. The lowest BCUT2D eigenvalue weighted by molar-refractivity contribution is -0.0719. The fraction of sp³-hybridized carbons (Fsp3) is 0.805. The van der Waals surface area contributed by atoms with E-state index >= 15 is 0 Å². The summed E-state index contributed by atoms with van der Waals surface area (Å²) < 4.78 is 18.1. The molecule has 1 N–H and O–H groups in total. The summed E-state index contributed by atoms with van der Waals surface area (Å²) in [7, 11) is 0. The second-order valence-electron chi connectivity index (χ2n) is 13.0. The lowest BCUT2D eigenvalue weighted by Crippen LogP contribution is -2.37. The van der Waals surface area contributed by atoms with E-state index in [9.17, 15) is 5.11 Å². The average molecular weight is 631 g/mol. The molecule has 45 heavy (non-hydrogen) atoms. The van der Waals surface area contributed by atoms with Crippen LogP contribution in [0, 0.1) is 0 Å². The molecule has 0 aromatic rings. The number of aliphatic hydroxyl groups is 1. The van der Waals surface area contributed by atoms with Gasteiger partial charge in [-0.25, -0.2) is 0 Å². The molecule has 0 spiro atoms. The molecular formula is C41H74O4. The van der Waals surface area contributed by atoms with Crippen molar-refractivity contribution in [2.45, 2.75) is 186 Å². The summed E-state index contributed by atoms with van der Waals surface area (Å²) in [6, 6.07) is 0. The summed E-state index contributed by atoms with van der Waals surface area (Å²) in [6.45, 7) is 6.52.